The number of likely N-dealkylation sites (N-methyl/N-ethyl adjacent to an activating group) is 1. The summed E-state index contributed by atoms with van der Waals surface area (Å²) in [7, 11) is 1.38. The van der Waals surface area contributed by atoms with Crippen LogP contribution in [0.3, 0.4) is 0 Å². The van der Waals surface area contributed by atoms with Crippen LogP contribution in [0.2, 0.25) is 0 Å². The molecule has 0 saturated heterocycles. The zero-order chi connectivity index (χ0) is 21.5. The number of benzene rings is 1. The van der Waals surface area contributed by atoms with Gasteiger partial charge in [0.25, 0.3) is 12.3 Å². The van der Waals surface area contributed by atoms with Crippen LogP contribution in [0.4, 0.5) is 13.2 Å². The maximum Gasteiger partial charge on any atom is 0.280 e. The molecule has 1 unspecified atom stereocenters. The van der Waals surface area contributed by atoms with E-state index in [4.69, 9.17) is 5.73 Å². The minimum absolute atomic E-state index is 0.0361. The van der Waals surface area contributed by atoms with Crippen LogP contribution >= 0.6 is 0 Å². The molecule has 0 radical (unpaired) electrons. The summed E-state index contributed by atoms with van der Waals surface area (Å²) in [6, 6.07) is 8.18. The van der Waals surface area contributed by atoms with Crippen molar-refractivity contribution >= 4 is 11.9 Å². The van der Waals surface area contributed by atoms with Gasteiger partial charge in [-0.05, 0) is 41.5 Å². The molecular formula is C20H15F3N6O. The smallest absolute Gasteiger partial charge is 0.280 e. The van der Waals surface area contributed by atoms with E-state index in [-0.39, 0.29) is 17.1 Å². The monoisotopic (exact) mass is 412 g/mol. The number of amides is 1. The molecule has 0 saturated carbocycles. The number of nitrogens with two attached hydrogens (primary N) is 1. The Kier molecular flexibility index (Phi) is 4.69. The predicted octanol–water partition coefficient (Wildman–Crippen LogP) is 2.65. The highest BCUT2D eigenvalue weighted by Gasteiger charge is 2.51. The van der Waals surface area contributed by atoms with Gasteiger partial charge in [-0.2, -0.15) is 10.2 Å². The number of halogens is 3. The average Bonchev–Trinajstić information content (AvgIpc) is 2.99. The quantitative estimate of drug-likeness (QED) is 0.711. The second-order valence-corrected chi connectivity index (χ2v) is 6.64. The molecule has 10 heteroatoms. The van der Waals surface area contributed by atoms with Crippen molar-refractivity contribution in [2.45, 2.75) is 12.0 Å². The Balaban J connectivity index is 2.00. The summed E-state index contributed by atoms with van der Waals surface area (Å²) in [5.74, 6) is -1.57. The minimum Gasteiger partial charge on any atom is -0.369 e. The van der Waals surface area contributed by atoms with Crippen molar-refractivity contribution in [2.24, 2.45) is 10.7 Å². The lowest BCUT2D eigenvalue weighted by Crippen LogP contribution is -2.41. The lowest BCUT2D eigenvalue weighted by atomic mass is 9.81. The molecule has 3 heterocycles. The minimum atomic E-state index is -2.88. The molecule has 0 fully saturated rings. The number of nitrogens with zero attached hydrogens (tertiary/aromatic N) is 5. The first-order chi connectivity index (χ1) is 14.3. The Morgan fingerprint density at radius 3 is 2.50 bits per heavy atom. The fourth-order valence-corrected chi connectivity index (χ4v) is 3.40. The summed E-state index contributed by atoms with van der Waals surface area (Å²) in [4.78, 5) is 22.2. The number of hydrogen-bond donors (Lipinski definition) is 1. The number of aliphatic imine (C=N–C) groups is 1. The molecule has 3 aromatic rings. The Hall–Kier alpha value is -3.82. The van der Waals surface area contributed by atoms with Gasteiger partial charge < -0.3 is 5.73 Å². The van der Waals surface area contributed by atoms with Crippen molar-refractivity contribution in [2.75, 3.05) is 7.05 Å². The summed E-state index contributed by atoms with van der Waals surface area (Å²) in [6.07, 6.45) is 1.20. The number of carbonyl (C=O) groups is 1. The van der Waals surface area contributed by atoms with Crippen molar-refractivity contribution in [3.63, 3.8) is 0 Å². The molecular weight excluding hydrogens is 397 g/mol. The maximum atomic E-state index is 15.1. The summed E-state index contributed by atoms with van der Waals surface area (Å²) < 4.78 is 41.6. The molecule has 152 valence electrons. The van der Waals surface area contributed by atoms with Crippen LogP contribution in [0.1, 0.15) is 23.2 Å². The first kappa shape index (κ1) is 19.5. The zero-order valence-corrected chi connectivity index (χ0v) is 15.6. The molecule has 1 aliphatic heterocycles. The van der Waals surface area contributed by atoms with Gasteiger partial charge in [-0.1, -0.05) is 6.07 Å². The number of rotatable bonds is 4. The Morgan fingerprint density at radius 2 is 1.87 bits per heavy atom. The average molecular weight is 412 g/mol. The molecule has 1 amide bonds. The van der Waals surface area contributed by atoms with E-state index in [0.717, 1.165) is 17.2 Å². The number of pyridine rings is 1. The van der Waals surface area contributed by atoms with Crippen molar-refractivity contribution in [1.82, 2.24) is 20.1 Å². The van der Waals surface area contributed by atoms with E-state index in [0.29, 0.717) is 11.1 Å². The van der Waals surface area contributed by atoms with Crippen LogP contribution in [-0.4, -0.2) is 39.0 Å². The van der Waals surface area contributed by atoms with Gasteiger partial charge in [-0.25, -0.2) is 18.2 Å². The lowest BCUT2D eigenvalue weighted by Gasteiger charge is -2.27. The van der Waals surface area contributed by atoms with Gasteiger partial charge in [0.05, 0.1) is 12.4 Å². The van der Waals surface area contributed by atoms with E-state index >= 15 is 4.39 Å². The van der Waals surface area contributed by atoms with E-state index in [1.807, 2.05) is 0 Å². The second kappa shape index (κ2) is 7.21. The van der Waals surface area contributed by atoms with Crippen LogP contribution in [0, 0.1) is 5.82 Å². The van der Waals surface area contributed by atoms with Crippen LogP contribution in [0.5, 0.6) is 0 Å². The molecule has 1 aromatic carbocycles. The molecule has 0 bridgehead atoms. The largest absolute Gasteiger partial charge is 0.369 e. The van der Waals surface area contributed by atoms with Crippen molar-refractivity contribution in [3.8, 4) is 11.1 Å². The highest BCUT2D eigenvalue weighted by Crippen LogP contribution is 2.42. The molecule has 1 atom stereocenters. The summed E-state index contributed by atoms with van der Waals surface area (Å²) in [6.45, 7) is 0. The third-order valence-electron chi connectivity index (χ3n) is 4.94. The number of aromatic nitrogens is 3. The third kappa shape index (κ3) is 2.97. The SMILES string of the molecule is CN1C(=O)C(c2ccnc(C(F)F)c2)(c2cc(-c3ccnnc3)ccc2F)N=C1N. The van der Waals surface area contributed by atoms with Crippen LogP contribution in [0.15, 0.2) is 60.0 Å². The van der Waals surface area contributed by atoms with E-state index in [9.17, 15) is 13.6 Å². The first-order valence-corrected chi connectivity index (χ1v) is 8.79. The molecule has 4 rings (SSSR count). The van der Waals surface area contributed by atoms with E-state index in [1.165, 1.54) is 43.7 Å². The standard InChI is InChI=1S/C20H15F3N6O/c1-29-18(30)20(28-19(29)24,13-5-6-25-16(9-13)17(22)23)14-8-11(2-3-15(14)21)12-4-7-26-27-10-12/h2-10,17H,1H3,(H2,24,28). The van der Waals surface area contributed by atoms with Gasteiger partial charge in [0.15, 0.2) is 11.5 Å². The molecule has 30 heavy (non-hydrogen) atoms. The van der Waals surface area contributed by atoms with Gasteiger partial charge in [0.2, 0.25) is 0 Å². The van der Waals surface area contributed by atoms with Gasteiger partial charge in [0, 0.05) is 24.4 Å². The second-order valence-electron chi connectivity index (χ2n) is 6.64. The number of carbonyl (C=O) groups excluding carboxylic acids is 1. The van der Waals surface area contributed by atoms with Crippen LogP contribution in [0.25, 0.3) is 11.1 Å². The fraction of sp³-hybridized carbons (Fsp3) is 0.150. The normalized spacial score (nSPS) is 18.8. The number of hydrogen-bond acceptors (Lipinski definition) is 6. The Labute approximate surface area is 169 Å². The van der Waals surface area contributed by atoms with Crippen molar-refractivity contribution < 1.29 is 18.0 Å². The van der Waals surface area contributed by atoms with Gasteiger partial charge >= 0.3 is 0 Å². The van der Waals surface area contributed by atoms with Gasteiger partial charge in [-0.15, -0.1) is 0 Å². The van der Waals surface area contributed by atoms with Crippen molar-refractivity contribution in [1.29, 1.82) is 0 Å². The van der Waals surface area contributed by atoms with Gasteiger partial charge in [-0.3, -0.25) is 14.7 Å². The number of alkyl halides is 2. The summed E-state index contributed by atoms with van der Waals surface area (Å²) in [5, 5.41) is 7.50. The predicted molar refractivity (Wildman–Crippen MR) is 102 cm³/mol. The fourth-order valence-electron chi connectivity index (χ4n) is 3.40. The molecule has 2 aromatic heterocycles. The maximum absolute atomic E-state index is 15.1. The first-order valence-electron chi connectivity index (χ1n) is 8.79. The Morgan fingerprint density at radius 1 is 1.07 bits per heavy atom. The lowest BCUT2D eigenvalue weighted by molar-refractivity contribution is -0.129. The number of guanidine groups is 1. The molecule has 2 N–H and O–H groups in total. The van der Waals surface area contributed by atoms with E-state index < -0.39 is 29.4 Å². The topological polar surface area (TPSA) is 97.4 Å². The third-order valence-corrected chi connectivity index (χ3v) is 4.94. The van der Waals surface area contributed by atoms with E-state index in [1.54, 1.807) is 6.07 Å². The molecule has 7 nitrogen and oxygen atoms in total. The molecule has 0 spiro atoms. The Bertz CT molecular complexity index is 1150. The molecule has 1 aliphatic rings. The van der Waals surface area contributed by atoms with Gasteiger partial charge in [0.1, 0.15) is 11.5 Å². The van der Waals surface area contributed by atoms with Crippen LogP contribution in [-0.2, 0) is 10.3 Å². The summed E-state index contributed by atoms with van der Waals surface area (Å²) in [5.41, 5.74) is 4.42. The summed E-state index contributed by atoms with van der Waals surface area (Å²) >= 11 is 0. The molecule has 0 aliphatic carbocycles. The zero-order valence-electron chi connectivity index (χ0n) is 15.6. The highest BCUT2D eigenvalue weighted by atomic mass is 19.3. The highest BCUT2D eigenvalue weighted by molar-refractivity contribution is 6.09. The van der Waals surface area contributed by atoms with Crippen molar-refractivity contribution in [3.05, 3.63) is 77.6 Å². The van der Waals surface area contributed by atoms with Crippen LogP contribution < -0.4 is 5.73 Å². The van der Waals surface area contributed by atoms with E-state index in [2.05, 4.69) is 20.2 Å².